The van der Waals surface area contributed by atoms with Crippen LogP contribution in [0.3, 0.4) is 0 Å². The van der Waals surface area contributed by atoms with Gasteiger partial charge < -0.3 is 10.6 Å². The highest BCUT2D eigenvalue weighted by Crippen LogP contribution is 2.21. The van der Waals surface area contributed by atoms with E-state index in [1.54, 1.807) is 22.5 Å². The van der Waals surface area contributed by atoms with Crippen LogP contribution in [-0.4, -0.2) is 44.9 Å². The molecule has 0 atom stereocenters. The second-order valence-corrected chi connectivity index (χ2v) is 7.56. The molecule has 23 heavy (non-hydrogen) atoms. The quantitative estimate of drug-likeness (QED) is 0.683. The first-order valence-electron chi connectivity index (χ1n) is 7.77. The van der Waals surface area contributed by atoms with Crippen LogP contribution in [0, 0.1) is 0 Å². The van der Waals surface area contributed by atoms with E-state index in [1.165, 1.54) is 0 Å². The summed E-state index contributed by atoms with van der Waals surface area (Å²) in [4.78, 5) is 4.65. The molecule has 2 heterocycles. The molecule has 0 aromatic heterocycles. The molecule has 3 rings (SSSR count). The average Bonchev–Trinajstić information content (AvgIpc) is 3.07. The molecule has 1 aromatic rings. The first-order valence-corrected chi connectivity index (χ1v) is 9.21. The zero-order valence-corrected chi connectivity index (χ0v) is 16.1. The number of guanidine groups is 1. The average molecular weight is 450 g/mol. The Kier molecular flexibility index (Phi) is 6.66. The van der Waals surface area contributed by atoms with Crippen molar-refractivity contribution < 1.29 is 8.42 Å². The molecule has 0 amide bonds. The smallest absolute Gasteiger partial charge is 0.243 e. The Labute approximate surface area is 154 Å². The van der Waals surface area contributed by atoms with Gasteiger partial charge in [0, 0.05) is 26.2 Å². The fourth-order valence-corrected chi connectivity index (χ4v) is 4.36. The van der Waals surface area contributed by atoms with Crippen LogP contribution in [0.25, 0.3) is 0 Å². The molecule has 1 fully saturated rings. The molecule has 2 aliphatic rings. The van der Waals surface area contributed by atoms with E-state index in [0.717, 1.165) is 43.9 Å². The van der Waals surface area contributed by atoms with Crippen LogP contribution in [0.5, 0.6) is 0 Å². The van der Waals surface area contributed by atoms with Crippen LogP contribution in [0.4, 0.5) is 0 Å². The summed E-state index contributed by atoms with van der Waals surface area (Å²) >= 11 is 0. The second kappa shape index (κ2) is 8.29. The number of hydrogen-bond donors (Lipinski definition) is 2. The number of rotatable bonds is 4. The van der Waals surface area contributed by atoms with Crippen LogP contribution < -0.4 is 10.6 Å². The number of nitrogens with one attached hydrogen (secondary N) is 2. The molecule has 1 aromatic carbocycles. The van der Waals surface area contributed by atoms with Gasteiger partial charge in [-0.25, -0.2) is 8.42 Å². The van der Waals surface area contributed by atoms with Gasteiger partial charge >= 0.3 is 0 Å². The zero-order valence-electron chi connectivity index (χ0n) is 13.0. The van der Waals surface area contributed by atoms with Crippen LogP contribution >= 0.6 is 24.0 Å². The lowest BCUT2D eigenvalue weighted by molar-refractivity contribution is 0.346. The van der Waals surface area contributed by atoms with E-state index in [0.29, 0.717) is 24.5 Å². The maximum Gasteiger partial charge on any atom is 0.243 e. The number of aliphatic imine (C=N–C) groups is 1. The lowest BCUT2D eigenvalue weighted by Crippen LogP contribution is -2.35. The van der Waals surface area contributed by atoms with Crippen LogP contribution in [-0.2, 0) is 16.6 Å². The summed E-state index contributed by atoms with van der Waals surface area (Å²) in [5.74, 6) is 0.782. The molecular weight excluding hydrogens is 427 g/mol. The van der Waals surface area contributed by atoms with E-state index in [4.69, 9.17) is 0 Å². The Morgan fingerprint density at radius 2 is 2.00 bits per heavy atom. The van der Waals surface area contributed by atoms with E-state index >= 15 is 0 Å². The highest BCUT2D eigenvalue weighted by atomic mass is 127. The van der Waals surface area contributed by atoms with Gasteiger partial charge in [0.15, 0.2) is 5.96 Å². The van der Waals surface area contributed by atoms with E-state index in [2.05, 4.69) is 15.6 Å². The summed E-state index contributed by atoms with van der Waals surface area (Å²) in [5, 5.41) is 6.32. The minimum absolute atomic E-state index is 0. The van der Waals surface area contributed by atoms with Crippen molar-refractivity contribution in [3.63, 3.8) is 0 Å². The van der Waals surface area contributed by atoms with Crippen molar-refractivity contribution in [2.45, 2.75) is 30.7 Å². The van der Waals surface area contributed by atoms with Gasteiger partial charge in [-0.2, -0.15) is 4.31 Å². The first kappa shape index (κ1) is 18.5. The fraction of sp³-hybridized carbons (Fsp3) is 0.533. The van der Waals surface area contributed by atoms with E-state index in [-0.39, 0.29) is 24.0 Å². The van der Waals surface area contributed by atoms with E-state index in [9.17, 15) is 8.42 Å². The molecule has 6 nitrogen and oxygen atoms in total. The van der Waals surface area contributed by atoms with Crippen molar-refractivity contribution in [2.75, 3.05) is 26.2 Å². The zero-order chi connectivity index (χ0) is 15.4. The maximum absolute atomic E-state index is 12.7. The van der Waals surface area contributed by atoms with Crippen molar-refractivity contribution in [3.8, 4) is 0 Å². The van der Waals surface area contributed by atoms with Gasteiger partial charge in [-0.3, -0.25) is 4.99 Å². The van der Waals surface area contributed by atoms with Crippen LogP contribution in [0.15, 0.2) is 34.2 Å². The Hall–Kier alpha value is -0.870. The lowest BCUT2D eigenvalue weighted by Gasteiger charge is -2.26. The van der Waals surface area contributed by atoms with Gasteiger partial charge in [-0.1, -0.05) is 18.6 Å². The van der Waals surface area contributed by atoms with Gasteiger partial charge in [0.2, 0.25) is 10.0 Å². The lowest BCUT2D eigenvalue weighted by atomic mass is 10.2. The third-order valence-electron chi connectivity index (χ3n) is 3.99. The SMILES string of the molecule is I.O=S(=O)(c1cccc(CNC2=NCCN2)c1)N1CCCCC1. The van der Waals surface area contributed by atoms with Gasteiger partial charge in [0.05, 0.1) is 11.4 Å². The third kappa shape index (κ3) is 4.57. The Balaban J connectivity index is 0.00000192. The summed E-state index contributed by atoms with van der Waals surface area (Å²) in [6, 6.07) is 7.17. The van der Waals surface area contributed by atoms with Gasteiger partial charge in [0.1, 0.15) is 0 Å². The molecule has 0 aliphatic carbocycles. The minimum atomic E-state index is -3.36. The van der Waals surface area contributed by atoms with E-state index < -0.39 is 10.0 Å². The number of hydrogen-bond acceptors (Lipinski definition) is 5. The normalized spacial score (nSPS) is 18.7. The molecule has 0 bridgehead atoms. The summed E-state index contributed by atoms with van der Waals surface area (Å²) in [7, 11) is -3.36. The largest absolute Gasteiger partial charge is 0.355 e. The maximum atomic E-state index is 12.7. The van der Waals surface area contributed by atoms with Crippen molar-refractivity contribution in [3.05, 3.63) is 29.8 Å². The van der Waals surface area contributed by atoms with Crippen LogP contribution in [0.2, 0.25) is 0 Å². The highest BCUT2D eigenvalue weighted by molar-refractivity contribution is 14.0. The standard InChI is InChI=1S/C15H22N4O2S.HI/c20-22(21,19-9-2-1-3-10-19)14-6-4-5-13(11-14)12-18-15-16-7-8-17-15;/h4-6,11H,1-3,7-10,12H2,(H2,16,17,18);1H. The fourth-order valence-electron chi connectivity index (χ4n) is 2.77. The molecule has 0 radical (unpaired) electrons. The topological polar surface area (TPSA) is 73.8 Å². The molecule has 0 saturated carbocycles. The molecule has 0 spiro atoms. The van der Waals surface area contributed by atoms with Gasteiger partial charge in [-0.15, -0.1) is 24.0 Å². The Morgan fingerprint density at radius 3 is 2.70 bits per heavy atom. The summed E-state index contributed by atoms with van der Waals surface area (Å²) in [6.45, 7) is 3.46. The molecule has 1 saturated heterocycles. The summed E-state index contributed by atoms with van der Waals surface area (Å²) in [6.07, 6.45) is 3.02. The number of nitrogens with zero attached hydrogens (tertiary/aromatic N) is 2. The monoisotopic (exact) mass is 450 g/mol. The number of sulfonamides is 1. The van der Waals surface area contributed by atoms with Crippen LogP contribution in [0.1, 0.15) is 24.8 Å². The molecule has 2 aliphatic heterocycles. The predicted molar refractivity (Wildman–Crippen MR) is 102 cm³/mol. The number of benzene rings is 1. The van der Waals surface area contributed by atoms with E-state index in [1.807, 2.05) is 6.07 Å². The highest BCUT2D eigenvalue weighted by Gasteiger charge is 2.25. The second-order valence-electron chi connectivity index (χ2n) is 5.62. The predicted octanol–water partition coefficient (Wildman–Crippen LogP) is 1.53. The van der Waals surface area contributed by atoms with Crippen molar-refractivity contribution in [1.82, 2.24) is 14.9 Å². The summed E-state index contributed by atoms with van der Waals surface area (Å²) < 4.78 is 26.9. The van der Waals surface area contributed by atoms with Gasteiger partial charge in [0.25, 0.3) is 0 Å². The van der Waals surface area contributed by atoms with Crippen molar-refractivity contribution in [2.24, 2.45) is 4.99 Å². The number of piperidine rings is 1. The van der Waals surface area contributed by atoms with Crippen molar-refractivity contribution in [1.29, 1.82) is 0 Å². The molecule has 8 heteroatoms. The molecular formula is C15H23IN4O2S. The molecule has 2 N–H and O–H groups in total. The first-order chi connectivity index (χ1) is 10.7. The third-order valence-corrected chi connectivity index (χ3v) is 5.88. The Morgan fingerprint density at radius 1 is 1.22 bits per heavy atom. The van der Waals surface area contributed by atoms with Gasteiger partial charge in [-0.05, 0) is 30.5 Å². The minimum Gasteiger partial charge on any atom is -0.355 e. The Bertz CT molecular complexity index is 657. The molecule has 0 unspecified atom stereocenters. The molecule has 128 valence electrons. The van der Waals surface area contributed by atoms with Crippen molar-refractivity contribution >= 4 is 40.0 Å². The number of halogens is 1. The summed E-state index contributed by atoms with van der Waals surface area (Å²) in [5.41, 5.74) is 0.939.